The van der Waals surface area contributed by atoms with Crippen molar-refractivity contribution in [2.24, 2.45) is 0 Å². The van der Waals surface area contributed by atoms with Crippen molar-refractivity contribution in [3.8, 4) is 11.1 Å². The summed E-state index contributed by atoms with van der Waals surface area (Å²) in [5, 5.41) is 6.08. The molecule has 2 amide bonds. The van der Waals surface area contributed by atoms with Crippen LogP contribution in [0.25, 0.3) is 11.1 Å². The van der Waals surface area contributed by atoms with Crippen LogP contribution >= 0.6 is 11.3 Å². The zero-order valence-electron chi connectivity index (χ0n) is 16.9. The molecule has 3 aromatic rings. The molecule has 0 saturated heterocycles. The Morgan fingerprint density at radius 1 is 1.07 bits per heavy atom. The zero-order chi connectivity index (χ0) is 20.1. The fraction of sp³-hybridized carbons (Fsp3) is 0.304. The predicted molar refractivity (Wildman–Crippen MR) is 116 cm³/mol. The third kappa shape index (κ3) is 4.98. The fourth-order valence-electron chi connectivity index (χ4n) is 2.92. The molecule has 0 bridgehead atoms. The van der Waals surface area contributed by atoms with Crippen LogP contribution in [-0.4, -0.2) is 23.0 Å². The molecule has 0 aliphatic heterocycles. The Hall–Kier alpha value is -2.66. The van der Waals surface area contributed by atoms with E-state index in [0.717, 1.165) is 27.4 Å². The lowest BCUT2D eigenvalue weighted by Crippen LogP contribution is -2.36. The second-order valence-corrected chi connectivity index (χ2v) is 8.79. The van der Waals surface area contributed by atoms with Gasteiger partial charge in [0, 0.05) is 24.4 Å². The van der Waals surface area contributed by atoms with Gasteiger partial charge in [0.25, 0.3) is 0 Å². The first-order valence-corrected chi connectivity index (χ1v) is 10.3. The van der Waals surface area contributed by atoms with Crippen molar-refractivity contribution in [1.82, 2.24) is 15.2 Å². The van der Waals surface area contributed by atoms with Gasteiger partial charge in [-0.05, 0) is 16.7 Å². The highest BCUT2D eigenvalue weighted by Gasteiger charge is 2.18. The summed E-state index contributed by atoms with van der Waals surface area (Å²) in [6, 6.07) is 18.4. The van der Waals surface area contributed by atoms with E-state index in [-0.39, 0.29) is 11.4 Å². The minimum Gasteiger partial charge on any atom is -0.332 e. The molecule has 0 aliphatic carbocycles. The fourth-order valence-corrected chi connectivity index (χ4v) is 3.83. The molecule has 1 heterocycles. The highest BCUT2D eigenvalue weighted by Crippen LogP contribution is 2.26. The second kappa shape index (κ2) is 8.57. The lowest BCUT2D eigenvalue weighted by atomic mass is 9.98. The molecule has 0 saturated carbocycles. The number of carbonyl (C=O) groups is 1. The van der Waals surface area contributed by atoms with Gasteiger partial charge in [-0.25, -0.2) is 9.78 Å². The molecule has 1 aromatic heterocycles. The highest BCUT2D eigenvalue weighted by atomic mass is 32.1. The maximum Gasteiger partial charge on any atom is 0.317 e. The van der Waals surface area contributed by atoms with Gasteiger partial charge in [0.1, 0.15) is 0 Å². The lowest BCUT2D eigenvalue weighted by Gasteiger charge is -2.20. The number of hydrogen-bond donors (Lipinski definition) is 1. The Bertz CT molecular complexity index is 928. The molecule has 146 valence electrons. The van der Waals surface area contributed by atoms with Crippen molar-refractivity contribution >= 4 is 17.4 Å². The van der Waals surface area contributed by atoms with Crippen LogP contribution in [0.15, 0.2) is 60.0 Å². The highest BCUT2D eigenvalue weighted by molar-refractivity contribution is 7.09. The van der Waals surface area contributed by atoms with Gasteiger partial charge in [-0.1, -0.05) is 75.4 Å². The number of hydrogen-bond acceptors (Lipinski definition) is 3. The van der Waals surface area contributed by atoms with E-state index in [1.807, 2.05) is 42.8 Å². The summed E-state index contributed by atoms with van der Waals surface area (Å²) < 4.78 is 0. The third-order valence-electron chi connectivity index (χ3n) is 4.47. The first kappa shape index (κ1) is 20.1. The van der Waals surface area contributed by atoms with Crippen LogP contribution in [0.4, 0.5) is 4.79 Å². The molecule has 0 aliphatic rings. The average molecular weight is 394 g/mol. The van der Waals surface area contributed by atoms with Crippen molar-refractivity contribution < 1.29 is 4.79 Å². The maximum absolute atomic E-state index is 12.6. The number of aromatic nitrogens is 1. The number of benzene rings is 2. The maximum atomic E-state index is 12.6. The van der Waals surface area contributed by atoms with E-state index in [1.54, 1.807) is 16.2 Å². The summed E-state index contributed by atoms with van der Waals surface area (Å²) >= 11 is 1.64. The molecule has 2 aromatic carbocycles. The number of nitrogens with one attached hydrogen (secondary N) is 1. The first-order chi connectivity index (χ1) is 13.3. The van der Waals surface area contributed by atoms with Gasteiger partial charge in [-0.3, -0.25) is 0 Å². The third-order valence-corrected chi connectivity index (χ3v) is 5.79. The van der Waals surface area contributed by atoms with Gasteiger partial charge < -0.3 is 10.2 Å². The molecule has 0 spiro atoms. The topological polar surface area (TPSA) is 45.2 Å². The van der Waals surface area contributed by atoms with E-state index in [2.05, 4.69) is 55.3 Å². The van der Waals surface area contributed by atoms with Crippen LogP contribution in [0.2, 0.25) is 0 Å². The average Bonchev–Trinajstić information content (AvgIpc) is 3.17. The van der Waals surface area contributed by atoms with Gasteiger partial charge in [-0.2, -0.15) is 0 Å². The number of thiazole rings is 1. The lowest BCUT2D eigenvalue weighted by molar-refractivity contribution is 0.206. The van der Waals surface area contributed by atoms with Crippen LogP contribution in [-0.2, 0) is 18.5 Å². The van der Waals surface area contributed by atoms with Crippen LogP contribution < -0.4 is 5.32 Å². The predicted octanol–water partition coefficient (Wildman–Crippen LogP) is 5.45. The van der Waals surface area contributed by atoms with E-state index < -0.39 is 0 Å². The molecule has 5 heteroatoms. The Kier molecular flexibility index (Phi) is 6.15. The van der Waals surface area contributed by atoms with Gasteiger partial charge >= 0.3 is 6.03 Å². The standard InChI is InChI=1S/C23H27N3OS/c1-23(2,3)21-25-19(16-28-21)14-24-22(27)26(4)15-18-12-8-9-13-20(18)17-10-6-5-7-11-17/h5-13,16H,14-15H2,1-4H3,(H,24,27). The van der Waals surface area contributed by atoms with Crippen molar-refractivity contribution in [2.45, 2.75) is 39.3 Å². The summed E-state index contributed by atoms with van der Waals surface area (Å²) in [6.07, 6.45) is 0. The summed E-state index contributed by atoms with van der Waals surface area (Å²) in [5.74, 6) is 0. The van der Waals surface area contributed by atoms with E-state index in [4.69, 9.17) is 0 Å². The van der Waals surface area contributed by atoms with Crippen LogP contribution in [0.1, 0.15) is 37.0 Å². The Morgan fingerprint density at radius 2 is 1.75 bits per heavy atom. The number of amides is 2. The summed E-state index contributed by atoms with van der Waals surface area (Å²) in [7, 11) is 1.82. The van der Waals surface area contributed by atoms with E-state index in [9.17, 15) is 4.79 Å². The number of nitrogens with zero attached hydrogens (tertiary/aromatic N) is 2. The van der Waals surface area contributed by atoms with Crippen molar-refractivity contribution in [1.29, 1.82) is 0 Å². The molecule has 1 N–H and O–H groups in total. The quantitative estimate of drug-likeness (QED) is 0.626. The molecule has 0 atom stereocenters. The van der Waals surface area contributed by atoms with Crippen molar-refractivity contribution in [2.75, 3.05) is 7.05 Å². The molecule has 28 heavy (non-hydrogen) atoms. The molecular formula is C23H27N3OS. The smallest absolute Gasteiger partial charge is 0.317 e. The number of carbonyl (C=O) groups excluding carboxylic acids is 1. The van der Waals surface area contributed by atoms with Gasteiger partial charge in [0.2, 0.25) is 0 Å². The largest absolute Gasteiger partial charge is 0.332 e. The second-order valence-electron chi connectivity index (χ2n) is 7.93. The zero-order valence-corrected chi connectivity index (χ0v) is 17.7. The molecule has 3 rings (SSSR count). The van der Waals surface area contributed by atoms with Crippen LogP contribution in [0, 0.1) is 0 Å². The normalized spacial score (nSPS) is 11.3. The van der Waals surface area contributed by atoms with Gasteiger partial charge in [-0.15, -0.1) is 11.3 Å². The van der Waals surface area contributed by atoms with Crippen molar-refractivity contribution in [3.05, 3.63) is 76.2 Å². The van der Waals surface area contributed by atoms with Crippen LogP contribution in [0.3, 0.4) is 0 Å². The van der Waals surface area contributed by atoms with E-state index in [1.165, 1.54) is 0 Å². The molecule has 4 nitrogen and oxygen atoms in total. The van der Waals surface area contributed by atoms with Crippen molar-refractivity contribution in [3.63, 3.8) is 0 Å². The molecule has 0 fully saturated rings. The minimum absolute atomic E-state index is 0.0326. The summed E-state index contributed by atoms with van der Waals surface area (Å²) in [4.78, 5) is 18.9. The minimum atomic E-state index is -0.104. The monoisotopic (exact) mass is 393 g/mol. The summed E-state index contributed by atoms with van der Waals surface area (Å²) in [6.45, 7) is 7.42. The number of rotatable bonds is 5. The Labute approximate surface area is 171 Å². The van der Waals surface area contributed by atoms with E-state index >= 15 is 0 Å². The first-order valence-electron chi connectivity index (χ1n) is 9.42. The SMILES string of the molecule is CN(Cc1ccccc1-c1ccccc1)C(=O)NCc1csc(C(C)(C)C)n1. The molecule has 0 unspecified atom stereocenters. The summed E-state index contributed by atoms with van der Waals surface area (Å²) in [5.41, 5.74) is 4.36. The molecular weight excluding hydrogens is 366 g/mol. The Balaban J connectivity index is 1.63. The van der Waals surface area contributed by atoms with Gasteiger partial charge in [0.05, 0.1) is 17.2 Å². The Morgan fingerprint density at radius 3 is 2.43 bits per heavy atom. The number of urea groups is 1. The molecule has 0 radical (unpaired) electrons. The van der Waals surface area contributed by atoms with Crippen LogP contribution in [0.5, 0.6) is 0 Å². The van der Waals surface area contributed by atoms with E-state index in [0.29, 0.717) is 13.1 Å². The van der Waals surface area contributed by atoms with Gasteiger partial charge in [0.15, 0.2) is 0 Å².